The maximum Gasteiger partial charge on any atom is 0.197 e. The second kappa shape index (κ2) is 5.35. The van der Waals surface area contributed by atoms with Crippen molar-refractivity contribution < 1.29 is 9.15 Å². The number of nitrogens with zero attached hydrogens (tertiary/aromatic N) is 1. The Morgan fingerprint density at radius 3 is 2.70 bits per heavy atom. The molecular formula is C16H16N2O2. The highest BCUT2D eigenvalue weighted by atomic mass is 16.5. The first-order valence-electron chi connectivity index (χ1n) is 6.51. The van der Waals surface area contributed by atoms with Crippen molar-refractivity contribution in [3.8, 4) is 11.1 Å². The molecule has 0 aliphatic rings. The second-order valence-electron chi connectivity index (χ2n) is 4.63. The van der Waals surface area contributed by atoms with Crippen LogP contribution in [0.3, 0.4) is 0 Å². The molecule has 0 spiro atoms. The normalized spacial score (nSPS) is 11.1. The van der Waals surface area contributed by atoms with Gasteiger partial charge >= 0.3 is 0 Å². The molecule has 4 heteroatoms. The Hall–Kier alpha value is -2.33. The van der Waals surface area contributed by atoms with Crippen molar-refractivity contribution in [3.05, 3.63) is 48.4 Å². The molecule has 102 valence electrons. The fraction of sp³-hybridized carbons (Fsp3) is 0.188. The van der Waals surface area contributed by atoms with Crippen LogP contribution in [0.5, 0.6) is 0 Å². The van der Waals surface area contributed by atoms with Crippen LogP contribution in [0.4, 0.5) is 5.69 Å². The highest BCUT2D eigenvalue weighted by molar-refractivity contribution is 5.90. The van der Waals surface area contributed by atoms with E-state index in [1.54, 1.807) is 7.11 Å². The zero-order valence-electron chi connectivity index (χ0n) is 11.3. The Kier molecular flexibility index (Phi) is 3.39. The largest absolute Gasteiger partial charge is 0.438 e. The zero-order valence-corrected chi connectivity index (χ0v) is 11.3. The molecule has 0 aliphatic heterocycles. The maximum absolute atomic E-state index is 6.07. The van der Waals surface area contributed by atoms with Crippen LogP contribution in [0.25, 0.3) is 22.2 Å². The summed E-state index contributed by atoms with van der Waals surface area (Å²) in [6.07, 6.45) is 0.644. The highest BCUT2D eigenvalue weighted by Gasteiger charge is 2.11. The Balaban J connectivity index is 2.05. The third-order valence-electron chi connectivity index (χ3n) is 3.19. The van der Waals surface area contributed by atoms with Crippen LogP contribution in [0, 0.1) is 0 Å². The number of fused-ring (bicyclic) bond motifs is 1. The highest BCUT2D eigenvalue weighted by Crippen LogP contribution is 2.29. The maximum atomic E-state index is 6.07. The minimum atomic E-state index is 0.582. The van der Waals surface area contributed by atoms with Crippen LogP contribution in [0.1, 0.15) is 5.89 Å². The lowest BCUT2D eigenvalue weighted by Crippen LogP contribution is -1.93. The van der Waals surface area contributed by atoms with Crippen LogP contribution in [-0.4, -0.2) is 18.7 Å². The lowest BCUT2D eigenvalue weighted by molar-refractivity contribution is 0.196. The Morgan fingerprint density at radius 1 is 1.15 bits per heavy atom. The fourth-order valence-electron chi connectivity index (χ4n) is 2.20. The average Bonchev–Trinajstić information content (AvgIpc) is 2.89. The van der Waals surface area contributed by atoms with Crippen LogP contribution < -0.4 is 5.73 Å². The zero-order chi connectivity index (χ0) is 13.9. The van der Waals surface area contributed by atoms with Crippen molar-refractivity contribution >= 4 is 16.8 Å². The van der Waals surface area contributed by atoms with Crippen molar-refractivity contribution in [2.24, 2.45) is 0 Å². The third kappa shape index (κ3) is 2.38. The van der Waals surface area contributed by atoms with Gasteiger partial charge in [0.05, 0.1) is 12.3 Å². The molecule has 2 N–H and O–H groups in total. The molecule has 0 unspecified atom stereocenters. The average molecular weight is 268 g/mol. The van der Waals surface area contributed by atoms with Gasteiger partial charge in [0.15, 0.2) is 11.5 Å². The Bertz CT molecular complexity index is 720. The summed E-state index contributed by atoms with van der Waals surface area (Å²) < 4.78 is 10.7. The molecule has 2 aromatic carbocycles. The van der Waals surface area contributed by atoms with E-state index in [9.17, 15) is 0 Å². The summed E-state index contributed by atoms with van der Waals surface area (Å²) in [7, 11) is 1.66. The molecule has 3 aromatic rings. The van der Waals surface area contributed by atoms with E-state index in [0.717, 1.165) is 16.6 Å². The molecule has 0 radical (unpaired) electrons. The first-order valence-corrected chi connectivity index (χ1v) is 6.51. The molecule has 1 heterocycles. The van der Waals surface area contributed by atoms with Gasteiger partial charge < -0.3 is 14.9 Å². The van der Waals surface area contributed by atoms with Gasteiger partial charge in [0.2, 0.25) is 0 Å². The van der Waals surface area contributed by atoms with E-state index in [0.29, 0.717) is 30.2 Å². The first kappa shape index (κ1) is 12.7. The Morgan fingerprint density at radius 2 is 1.95 bits per heavy atom. The first-order chi connectivity index (χ1) is 9.78. The molecule has 0 amide bonds. The topological polar surface area (TPSA) is 61.3 Å². The second-order valence-corrected chi connectivity index (χ2v) is 4.63. The van der Waals surface area contributed by atoms with Crippen molar-refractivity contribution in [2.75, 3.05) is 19.5 Å². The molecule has 20 heavy (non-hydrogen) atoms. The van der Waals surface area contributed by atoms with E-state index < -0.39 is 0 Å². The van der Waals surface area contributed by atoms with Gasteiger partial charge in [0, 0.05) is 13.5 Å². The number of nitrogen functional groups attached to an aromatic ring is 1. The van der Waals surface area contributed by atoms with Gasteiger partial charge in [0.1, 0.15) is 5.52 Å². The lowest BCUT2D eigenvalue weighted by atomic mass is 10.0. The van der Waals surface area contributed by atoms with Gasteiger partial charge in [-0.1, -0.05) is 30.3 Å². The summed E-state index contributed by atoms with van der Waals surface area (Å²) >= 11 is 0. The summed E-state index contributed by atoms with van der Waals surface area (Å²) in [6, 6.07) is 14.0. The van der Waals surface area contributed by atoms with E-state index in [1.165, 1.54) is 0 Å². The number of ether oxygens (including phenoxy) is 1. The van der Waals surface area contributed by atoms with Crippen molar-refractivity contribution in [3.63, 3.8) is 0 Å². The van der Waals surface area contributed by atoms with E-state index in [4.69, 9.17) is 14.9 Å². The molecule has 0 bridgehead atoms. The quantitative estimate of drug-likeness (QED) is 0.738. The molecule has 4 nitrogen and oxygen atoms in total. The van der Waals surface area contributed by atoms with Crippen molar-refractivity contribution in [2.45, 2.75) is 6.42 Å². The molecule has 0 atom stereocenters. The van der Waals surface area contributed by atoms with Crippen LogP contribution in [0.15, 0.2) is 46.9 Å². The molecule has 3 rings (SSSR count). The van der Waals surface area contributed by atoms with Crippen LogP contribution in [0.2, 0.25) is 0 Å². The minimum Gasteiger partial charge on any atom is -0.438 e. The summed E-state index contributed by atoms with van der Waals surface area (Å²) in [5, 5.41) is 0. The molecule has 0 saturated heterocycles. The number of methoxy groups -OCH3 is 1. The smallest absolute Gasteiger partial charge is 0.197 e. The van der Waals surface area contributed by atoms with Gasteiger partial charge in [-0.2, -0.15) is 0 Å². The number of aromatic nitrogens is 1. The number of anilines is 1. The lowest BCUT2D eigenvalue weighted by Gasteiger charge is -2.02. The number of rotatable bonds is 4. The monoisotopic (exact) mass is 268 g/mol. The number of nitrogens with two attached hydrogens (primary N) is 1. The van der Waals surface area contributed by atoms with E-state index in [1.807, 2.05) is 42.5 Å². The molecule has 0 fully saturated rings. The predicted octanol–water partition coefficient (Wildman–Crippen LogP) is 3.27. The van der Waals surface area contributed by atoms with Gasteiger partial charge in [0.25, 0.3) is 0 Å². The van der Waals surface area contributed by atoms with Crippen molar-refractivity contribution in [1.29, 1.82) is 0 Å². The van der Waals surface area contributed by atoms with Gasteiger partial charge in [-0.15, -0.1) is 0 Å². The van der Waals surface area contributed by atoms with E-state index in [-0.39, 0.29) is 0 Å². The van der Waals surface area contributed by atoms with Crippen LogP contribution in [-0.2, 0) is 11.2 Å². The van der Waals surface area contributed by atoms with E-state index >= 15 is 0 Å². The number of hydrogen-bond donors (Lipinski definition) is 1. The minimum absolute atomic E-state index is 0.582. The summed E-state index contributed by atoms with van der Waals surface area (Å²) in [4.78, 5) is 4.47. The van der Waals surface area contributed by atoms with Gasteiger partial charge in [-0.3, -0.25) is 0 Å². The Labute approximate surface area is 117 Å². The summed E-state index contributed by atoms with van der Waals surface area (Å²) in [6.45, 7) is 0.582. The number of hydrogen-bond acceptors (Lipinski definition) is 4. The standard InChI is InChI=1S/C16H16N2O2/c1-19-8-7-15-18-14-10-12(9-13(17)16(14)20-15)11-5-3-2-4-6-11/h2-6,9-10H,7-8,17H2,1H3. The molecule has 1 aromatic heterocycles. The number of benzene rings is 2. The van der Waals surface area contributed by atoms with Gasteiger partial charge in [-0.25, -0.2) is 4.98 Å². The molecule has 0 aliphatic carbocycles. The predicted molar refractivity (Wildman–Crippen MR) is 79.4 cm³/mol. The van der Waals surface area contributed by atoms with Crippen LogP contribution >= 0.6 is 0 Å². The fourth-order valence-corrected chi connectivity index (χ4v) is 2.20. The van der Waals surface area contributed by atoms with E-state index in [2.05, 4.69) is 4.98 Å². The SMILES string of the molecule is COCCc1nc2cc(-c3ccccc3)cc(N)c2o1. The van der Waals surface area contributed by atoms with Gasteiger partial charge in [-0.05, 0) is 23.3 Å². The third-order valence-corrected chi connectivity index (χ3v) is 3.19. The van der Waals surface area contributed by atoms with Crippen molar-refractivity contribution in [1.82, 2.24) is 4.98 Å². The number of oxazole rings is 1. The molecule has 0 saturated carbocycles. The summed E-state index contributed by atoms with van der Waals surface area (Å²) in [5.74, 6) is 0.652. The summed E-state index contributed by atoms with van der Waals surface area (Å²) in [5.41, 5.74) is 10.3. The molecular weight excluding hydrogens is 252 g/mol.